The molecule has 0 saturated heterocycles. The van der Waals surface area contributed by atoms with Crippen LogP contribution in [-0.4, -0.2) is 18.8 Å². The lowest BCUT2D eigenvalue weighted by molar-refractivity contribution is -0.315. The van der Waals surface area contributed by atoms with E-state index in [0.29, 0.717) is 0 Å². The minimum Gasteiger partial charge on any atom is -0.546 e. The topological polar surface area (TPSA) is 61.7 Å². The van der Waals surface area contributed by atoms with Gasteiger partial charge < -0.3 is 14.7 Å². The molecule has 0 aromatic heterocycles. The highest BCUT2D eigenvalue weighted by atomic mass is 16.6. The predicted molar refractivity (Wildman–Crippen MR) is 25.1 cm³/mol. The van der Waals surface area contributed by atoms with Crippen LogP contribution < -0.4 is 5.11 Å². The summed E-state index contributed by atoms with van der Waals surface area (Å²) in [6.45, 7) is 4.23. The molecule has 0 aliphatic rings. The van der Waals surface area contributed by atoms with Crippen LogP contribution in [0.15, 0.2) is 5.16 Å². The first-order chi connectivity index (χ1) is 3.68. The van der Waals surface area contributed by atoms with Gasteiger partial charge in [-0.1, -0.05) is 0 Å². The minimum absolute atomic E-state index is 1.01. The van der Waals surface area contributed by atoms with Crippen molar-refractivity contribution in [2.45, 2.75) is 13.0 Å². The van der Waals surface area contributed by atoms with E-state index in [1.54, 1.807) is 0 Å². The second kappa shape index (κ2) is 3.01. The molecule has 0 bridgehead atoms. The zero-order valence-corrected chi connectivity index (χ0v) is 4.46. The van der Waals surface area contributed by atoms with Gasteiger partial charge in [-0.05, 0) is 6.92 Å². The van der Waals surface area contributed by atoms with Gasteiger partial charge in [-0.25, -0.2) is 0 Å². The summed E-state index contributed by atoms with van der Waals surface area (Å²) in [4.78, 5) is 13.9. The van der Waals surface area contributed by atoms with E-state index in [2.05, 4.69) is 16.7 Å². The molecule has 0 saturated carbocycles. The Morgan fingerprint density at radius 3 is 2.62 bits per heavy atom. The van der Waals surface area contributed by atoms with Crippen molar-refractivity contribution in [2.75, 3.05) is 0 Å². The average molecular weight is 116 g/mol. The van der Waals surface area contributed by atoms with Gasteiger partial charge in [0.05, 0.1) is 5.97 Å². The molecule has 4 heteroatoms. The molecule has 0 aliphatic carbocycles. The molecule has 0 fully saturated rings. The summed E-state index contributed by atoms with van der Waals surface area (Å²) in [6, 6.07) is 0. The van der Waals surface area contributed by atoms with Crippen molar-refractivity contribution in [1.29, 1.82) is 0 Å². The van der Waals surface area contributed by atoms with Crippen molar-refractivity contribution in [1.82, 2.24) is 0 Å². The van der Waals surface area contributed by atoms with E-state index >= 15 is 0 Å². The first-order valence-corrected chi connectivity index (χ1v) is 2.01. The quantitative estimate of drug-likeness (QED) is 0.342. The van der Waals surface area contributed by atoms with Gasteiger partial charge in [0.2, 0.25) is 0 Å². The van der Waals surface area contributed by atoms with E-state index in [4.69, 9.17) is 0 Å². The van der Waals surface area contributed by atoms with E-state index in [-0.39, 0.29) is 0 Å². The molecule has 0 aliphatic heterocycles. The summed E-state index contributed by atoms with van der Waals surface area (Å²) in [5.74, 6) is -1.29. The zero-order valence-electron chi connectivity index (χ0n) is 4.46. The van der Waals surface area contributed by atoms with E-state index in [1.165, 1.54) is 6.92 Å². The summed E-state index contributed by atoms with van der Waals surface area (Å²) < 4.78 is 0. The Morgan fingerprint density at radius 2 is 2.50 bits per heavy atom. The van der Waals surface area contributed by atoms with Crippen LogP contribution >= 0.6 is 0 Å². The molecule has 1 atom stereocenters. The third-order valence-corrected chi connectivity index (χ3v) is 0.565. The van der Waals surface area contributed by atoms with Crippen LogP contribution in [0, 0.1) is 0 Å². The molecular formula is C4H6NO3-. The van der Waals surface area contributed by atoms with Gasteiger partial charge in [-0.2, -0.15) is 0 Å². The number of hydrogen-bond donors (Lipinski definition) is 0. The lowest BCUT2D eigenvalue weighted by Gasteiger charge is -2.07. The fraction of sp³-hybridized carbons (Fsp3) is 0.500. The van der Waals surface area contributed by atoms with Crippen LogP contribution in [-0.2, 0) is 9.63 Å². The third-order valence-electron chi connectivity index (χ3n) is 0.565. The Morgan fingerprint density at radius 1 is 2.00 bits per heavy atom. The molecule has 0 amide bonds. The van der Waals surface area contributed by atoms with Gasteiger partial charge in [0, 0.05) is 6.72 Å². The molecule has 0 aromatic rings. The fourth-order valence-corrected chi connectivity index (χ4v) is 0.155. The zero-order chi connectivity index (χ0) is 6.57. The lowest BCUT2D eigenvalue weighted by Crippen LogP contribution is -2.34. The molecule has 8 heavy (non-hydrogen) atoms. The molecule has 0 heterocycles. The van der Waals surface area contributed by atoms with Crippen molar-refractivity contribution in [3.63, 3.8) is 0 Å². The Labute approximate surface area is 46.8 Å². The molecule has 1 unspecified atom stereocenters. The molecule has 0 aromatic carbocycles. The van der Waals surface area contributed by atoms with Crippen molar-refractivity contribution in [2.24, 2.45) is 5.16 Å². The third kappa shape index (κ3) is 2.17. The number of rotatable bonds is 3. The summed E-state index contributed by atoms with van der Waals surface area (Å²) in [7, 11) is 0. The molecule has 0 spiro atoms. The van der Waals surface area contributed by atoms with Gasteiger partial charge in [-0.15, -0.1) is 5.16 Å². The standard InChI is InChI=1S/C4H7NO3/c1-3(4(6)7)8-5-2/h3H,2H2,1H3,(H,6,7)/p-1. The van der Waals surface area contributed by atoms with Crippen molar-refractivity contribution in [3.05, 3.63) is 0 Å². The smallest absolute Gasteiger partial charge is 0.163 e. The lowest BCUT2D eigenvalue weighted by atomic mass is 10.4. The molecule has 0 radical (unpaired) electrons. The van der Waals surface area contributed by atoms with Crippen LogP contribution in [0.25, 0.3) is 0 Å². The summed E-state index contributed by atoms with van der Waals surface area (Å²) in [5, 5.41) is 12.7. The maximum atomic E-state index is 9.77. The van der Waals surface area contributed by atoms with E-state index < -0.39 is 12.1 Å². The molecule has 46 valence electrons. The number of carboxylic acids is 1. The fourth-order valence-electron chi connectivity index (χ4n) is 0.155. The highest BCUT2D eigenvalue weighted by molar-refractivity contribution is 5.69. The molecule has 0 rings (SSSR count). The van der Waals surface area contributed by atoms with Crippen LogP contribution in [0.5, 0.6) is 0 Å². The Balaban J connectivity index is 3.46. The normalized spacial score (nSPS) is 12.1. The Bertz CT molecular complexity index is 101. The first kappa shape index (κ1) is 6.94. The van der Waals surface area contributed by atoms with Gasteiger partial charge in [0.25, 0.3) is 0 Å². The van der Waals surface area contributed by atoms with Crippen LogP contribution in [0.1, 0.15) is 6.92 Å². The monoisotopic (exact) mass is 116 g/mol. The highest BCUT2D eigenvalue weighted by Crippen LogP contribution is 1.85. The number of aliphatic carboxylic acids is 1. The molecular weight excluding hydrogens is 110 g/mol. The van der Waals surface area contributed by atoms with Gasteiger partial charge in [-0.3, -0.25) is 0 Å². The van der Waals surface area contributed by atoms with Crippen LogP contribution in [0.2, 0.25) is 0 Å². The predicted octanol–water partition coefficient (Wildman–Crippen LogP) is -1.24. The second-order valence-electron chi connectivity index (χ2n) is 1.20. The van der Waals surface area contributed by atoms with Gasteiger partial charge in [0.15, 0.2) is 6.10 Å². The molecule has 4 nitrogen and oxygen atoms in total. The van der Waals surface area contributed by atoms with Crippen LogP contribution in [0.3, 0.4) is 0 Å². The molecule has 0 N–H and O–H groups in total. The number of carbonyl (C=O) groups excluding carboxylic acids is 1. The summed E-state index contributed by atoms with van der Waals surface area (Å²) in [5.41, 5.74) is 0. The van der Waals surface area contributed by atoms with E-state index in [0.717, 1.165) is 0 Å². The summed E-state index contributed by atoms with van der Waals surface area (Å²) >= 11 is 0. The Hall–Kier alpha value is -1.06. The largest absolute Gasteiger partial charge is 0.546 e. The van der Waals surface area contributed by atoms with Gasteiger partial charge >= 0.3 is 0 Å². The maximum Gasteiger partial charge on any atom is 0.163 e. The van der Waals surface area contributed by atoms with E-state index in [1.807, 2.05) is 0 Å². The number of hydrogen-bond acceptors (Lipinski definition) is 4. The Kier molecular flexibility index (Phi) is 2.61. The first-order valence-electron chi connectivity index (χ1n) is 2.01. The number of nitrogens with zero attached hydrogens (tertiary/aromatic N) is 1. The maximum absolute atomic E-state index is 9.77. The van der Waals surface area contributed by atoms with Crippen LogP contribution in [0.4, 0.5) is 0 Å². The second-order valence-corrected chi connectivity index (χ2v) is 1.20. The van der Waals surface area contributed by atoms with E-state index in [9.17, 15) is 9.90 Å². The SMILES string of the molecule is C=NOC(C)C(=O)[O-]. The summed E-state index contributed by atoms with van der Waals surface area (Å²) in [6.07, 6.45) is -1.01. The van der Waals surface area contributed by atoms with Crippen molar-refractivity contribution < 1.29 is 14.7 Å². The highest BCUT2D eigenvalue weighted by Gasteiger charge is 1.98. The van der Waals surface area contributed by atoms with Crippen molar-refractivity contribution >= 4 is 12.7 Å². The minimum atomic E-state index is -1.29. The number of oxime groups is 1. The number of carbonyl (C=O) groups is 1. The van der Waals surface area contributed by atoms with Crippen molar-refractivity contribution in [3.8, 4) is 0 Å². The number of carboxylic acid groups (broad SMARTS) is 1. The van der Waals surface area contributed by atoms with Gasteiger partial charge in [0.1, 0.15) is 0 Å². The average Bonchev–Trinajstić information content (AvgIpc) is 1.67.